The lowest BCUT2D eigenvalue weighted by molar-refractivity contribution is -0.113. The molecular weight excluding hydrogens is 336 g/mol. The summed E-state index contributed by atoms with van der Waals surface area (Å²) in [7, 11) is 0. The first-order valence-corrected chi connectivity index (χ1v) is 9.91. The molecule has 0 saturated heterocycles. The Morgan fingerprint density at radius 2 is 2.08 bits per heavy atom. The van der Waals surface area contributed by atoms with Crippen molar-refractivity contribution in [3.05, 3.63) is 59.7 Å². The number of aliphatic imine (C=N–C) groups is 1. The van der Waals surface area contributed by atoms with Crippen molar-refractivity contribution >= 4 is 45.2 Å². The summed E-state index contributed by atoms with van der Waals surface area (Å²) in [5.74, 6) is 1.74. The van der Waals surface area contributed by atoms with Gasteiger partial charge >= 0.3 is 0 Å². The average molecular weight is 357 g/mol. The monoisotopic (exact) mass is 356 g/mol. The minimum Gasteiger partial charge on any atom is -0.325 e. The summed E-state index contributed by atoms with van der Waals surface area (Å²) in [4.78, 5) is 16.8. The normalized spacial score (nSPS) is 13.4. The van der Waals surface area contributed by atoms with E-state index in [1.807, 2.05) is 36.4 Å². The van der Waals surface area contributed by atoms with Gasteiger partial charge in [-0.2, -0.15) is 0 Å². The van der Waals surface area contributed by atoms with Crippen molar-refractivity contribution in [1.29, 1.82) is 0 Å². The van der Waals surface area contributed by atoms with Crippen LogP contribution in [0.15, 0.2) is 53.5 Å². The highest BCUT2D eigenvalue weighted by Crippen LogP contribution is 2.34. The van der Waals surface area contributed by atoms with Crippen LogP contribution < -0.4 is 5.32 Å². The number of carbonyl (C=O) groups is 1. The molecule has 1 N–H and O–H groups in total. The second-order valence-electron chi connectivity index (χ2n) is 5.91. The van der Waals surface area contributed by atoms with Gasteiger partial charge < -0.3 is 5.32 Å². The van der Waals surface area contributed by atoms with E-state index < -0.39 is 0 Å². The third-order valence-corrected chi connectivity index (χ3v) is 5.96. The van der Waals surface area contributed by atoms with Crippen molar-refractivity contribution in [3.8, 4) is 0 Å². The van der Waals surface area contributed by atoms with Crippen LogP contribution in [0.25, 0.3) is 0 Å². The van der Waals surface area contributed by atoms with Gasteiger partial charge in [-0.15, -0.1) is 0 Å². The SMILES string of the molecule is CC(C)c1cccc(NC(=O)CSC2=Nc3ccccc3CS2)c1. The van der Waals surface area contributed by atoms with Crippen molar-refractivity contribution in [2.45, 2.75) is 25.5 Å². The van der Waals surface area contributed by atoms with Crippen molar-refractivity contribution in [2.75, 3.05) is 11.1 Å². The highest BCUT2D eigenvalue weighted by atomic mass is 32.2. The minimum absolute atomic E-state index is 0.00284. The molecule has 0 atom stereocenters. The summed E-state index contributed by atoms with van der Waals surface area (Å²) in [6, 6.07) is 16.2. The summed E-state index contributed by atoms with van der Waals surface area (Å²) in [6.45, 7) is 4.29. The van der Waals surface area contributed by atoms with Crippen LogP contribution >= 0.6 is 23.5 Å². The average Bonchev–Trinajstić information content (AvgIpc) is 2.60. The van der Waals surface area contributed by atoms with E-state index in [4.69, 9.17) is 0 Å². The molecule has 1 heterocycles. The molecule has 0 fully saturated rings. The number of nitrogens with one attached hydrogen (secondary N) is 1. The number of benzene rings is 2. The molecule has 5 heteroatoms. The summed E-state index contributed by atoms with van der Waals surface area (Å²) >= 11 is 3.19. The molecule has 1 amide bonds. The van der Waals surface area contributed by atoms with E-state index in [0.29, 0.717) is 11.7 Å². The standard InChI is InChI=1S/C19H20N2OS2/c1-13(2)14-7-5-8-16(10-14)20-18(22)12-24-19-21-17-9-4-3-6-15(17)11-23-19/h3-10,13H,11-12H2,1-2H3,(H,20,22). The molecule has 0 bridgehead atoms. The van der Waals surface area contributed by atoms with Crippen molar-refractivity contribution in [1.82, 2.24) is 0 Å². The molecule has 0 spiro atoms. The minimum atomic E-state index is 0.00284. The van der Waals surface area contributed by atoms with Crippen LogP contribution in [0, 0.1) is 0 Å². The number of thioether (sulfide) groups is 2. The first kappa shape index (κ1) is 17.1. The molecular formula is C19H20N2OS2. The predicted octanol–water partition coefficient (Wildman–Crippen LogP) is 5.42. The molecule has 0 saturated carbocycles. The fourth-order valence-electron chi connectivity index (χ4n) is 2.39. The maximum Gasteiger partial charge on any atom is 0.234 e. The van der Waals surface area contributed by atoms with E-state index >= 15 is 0 Å². The molecule has 24 heavy (non-hydrogen) atoms. The van der Waals surface area contributed by atoms with E-state index in [1.54, 1.807) is 11.8 Å². The van der Waals surface area contributed by atoms with E-state index in [2.05, 4.69) is 36.3 Å². The third kappa shape index (κ3) is 4.42. The topological polar surface area (TPSA) is 41.5 Å². The lowest BCUT2D eigenvalue weighted by Crippen LogP contribution is -2.15. The smallest absolute Gasteiger partial charge is 0.234 e. The van der Waals surface area contributed by atoms with Gasteiger partial charge in [0, 0.05) is 11.4 Å². The van der Waals surface area contributed by atoms with Crippen molar-refractivity contribution < 1.29 is 4.79 Å². The van der Waals surface area contributed by atoms with Crippen molar-refractivity contribution in [3.63, 3.8) is 0 Å². The van der Waals surface area contributed by atoms with Gasteiger partial charge in [0.1, 0.15) is 4.38 Å². The molecule has 0 radical (unpaired) electrons. The number of hydrogen-bond donors (Lipinski definition) is 1. The van der Waals surface area contributed by atoms with E-state index in [1.165, 1.54) is 22.9 Å². The molecule has 0 aliphatic carbocycles. The van der Waals surface area contributed by atoms with Gasteiger partial charge in [-0.05, 0) is 35.2 Å². The summed E-state index contributed by atoms with van der Waals surface area (Å²) in [5.41, 5.74) is 4.35. The fourth-order valence-corrected chi connectivity index (χ4v) is 4.25. The van der Waals surface area contributed by atoms with Gasteiger partial charge in [-0.1, -0.05) is 67.7 Å². The zero-order valence-electron chi connectivity index (χ0n) is 13.8. The largest absolute Gasteiger partial charge is 0.325 e. The molecule has 1 aliphatic rings. The lowest BCUT2D eigenvalue weighted by Gasteiger charge is -2.14. The first-order valence-electron chi connectivity index (χ1n) is 7.94. The maximum absolute atomic E-state index is 12.2. The van der Waals surface area contributed by atoms with E-state index in [9.17, 15) is 4.79 Å². The van der Waals surface area contributed by atoms with Crippen LogP contribution in [0.3, 0.4) is 0 Å². The molecule has 1 aliphatic heterocycles. The molecule has 0 aromatic heterocycles. The molecule has 3 nitrogen and oxygen atoms in total. The zero-order chi connectivity index (χ0) is 16.9. The van der Waals surface area contributed by atoms with Crippen LogP contribution in [-0.4, -0.2) is 16.0 Å². The third-order valence-electron chi connectivity index (χ3n) is 3.72. The molecule has 124 valence electrons. The molecule has 2 aromatic carbocycles. The highest BCUT2D eigenvalue weighted by Gasteiger charge is 2.14. The number of carbonyl (C=O) groups excluding carboxylic acids is 1. The molecule has 3 rings (SSSR count). The number of anilines is 1. The Morgan fingerprint density at radius 3 is 2.92 bits per heavy atom. The zero-order valence-corrected chi connectivity index (χ0v) is 15.4. The number of rotatable bonds is 4. The number of para-hydroxylation sites is 1. The molecule has 0 unspecified atom stereocenters. The fraction of sp³-hybridized carbons (Fsp3) is 0.263. The van der Waals surface area contributed by atoms with Crippen LogP contribution in [0.1, 0.15) is 30.9 Å². The van der Waals surface area contributed by atoms with Crippen LogP contribution in [0.2, 0.25) is 0 Å². The Kier molecular flexibility index (Phi) is 5.63. The van der Waals surface area contributed by atoms with Gasteiger partial charge in [-0.25, -0.2) is 4.99 Å². The first-order chi connectivity index (χ1) is 11.6. The summed E-state index contributed by atoms with van der Waals surface area (Å²) in [5, 5.41) is 2.97. The van der Waals surface area contributed by atoms with Crippen molar-refractivity contribution in [2.24, 2.45) is 4.99 Å². The van der Waals surface area contributed by atoms with Gasteiger partial charge in [0.2, 0.25) is 5.91 Å². The van der Waals surface area contributed by atoms with Gasteiger partial charge in [0.15, 0.2) is 0 Å². The van der Waals surface area contributed by atoms with Crippen LogP contribution in [0.4, 0.5) is 11.4 Å². The number of fused-ring (bicyclic) bond motifs is 1. The quantitative estimate of drug-likeness (QED) is 0.795. The number of hydrogen-bond acceptors (Lipinski definition) is 4. The predicted molar refractivity (Wildman–Crippen MR) is 106 cm³/mol. The number of nitrogens with zero attached hydrogens (tertiary/aromatic N) is 1. The van der Waals surface area contributed by atoms with Crippen LogP contribution in [-0.2, 0) is 10.5 Å². The Balaban J connectivity index is 1.57. The highest BCUT2D eigenvalue weighted by molar-refractivity contribution is 8.38. The van der Waals surface area contributed by atoms with Gasteiger partial charge in [0.25, 0.3) is 0 Å². The van der Waals surface area contributed by atoms with Gasteiger partial charge in [-0.3, -0.25) is 4.79 Å². The molecule has 2 aromatic rings. The lowest BCUT2D eigenvalue weighted by atomic mass is 10.0. The second-order valence-corrected chi connectivity index (χ2v) is 8.10. The van der Waals surface area contributed by atoms with E-state index in [-0.39, 0.29) is 5.91 Å². The van der Waals surface area contributed by atoms with E-state index in [0.717, 1.165) is 21.5 Å². The second kappa shape index (κ2) is 7.90. The summed E-state index contributed by atoms with van der Waals surface area (Å²) in [6.07, 6.45) is 0. The Bertz CT molecular complexity index is 771. The maximum atomic E-state index is 12.2. The van der Waals surface area contributed by atoms with Crippen LogP contribution in [0.5, 0.6) is 0 Å². The van der Waals surface area contributed by atoms with Gasteiger partial charge in [0.05, 0.1) is 11.4 Å². The Hall–Kier alpha value is -1.72. The Labute approximate surface area is 151 Å². The number of amides is 1. The Morgan fingerprint density at radius 1 is 1.25 bits per heavy atom. The summed E-state index contributed by atoms with van der Waals surface area (Å²) < 4.78 is 0.958.